The van der Waals surface area contributed by atoms with Crippen molar-refractivity contribution < 1.29 is 9.59 Å². The average molecular weight is 459 g/mol. The molecule has 10 nitrogen and oxygen atoms in total. The average Bonchev–Trinajstić information content (AvgIpc) is 3.27. The van der Waals surface area contributed by atoms with Gasteiger partial charge in [-0.2, -0.15) is 0 Å². The number of rotatable bonds is 7. The van der Waals surface area contributed by atoms with Crippen LogP contribution in [0.5, 0.6) is 0 Å². The van der Waals surface area contributed by atoms with E-state index in [1.165, 1.54) is 22.4 Å². The number of halogens is 1. The Labute approximate surface area is 187 Å². The van der Waals surface area contributed by atoms with E-state index in [9.17, 15) is 9.59 Å². The van der Waals surface area contributed by atoms with E-state index in [0.717, 1.165) is 5.69 Å². The summed E-state index contributed by atoms with van der Waals surface area (Å²) in [5.41, 5.74) is 0.445. The summed E-state index contributed by atoms with van der Waals surface area (Å²) in [6.07, 6.45) is 1.48. The van der Waals surface area contributed by atoms with Gasteiger partial charge < -0.3 is 15.5 Å². The molecule has 1 saturated heterocycles. The van der Waals surface area contributed by atoms with Crippen molar-refractivity contribution in [2.45, 2.75) is 19.4 Å². The Morgan fingerprint density at radius 1 is 1.19 bits per heavy atom. The number of aromatic nitrogens is 4. The van der Waals surface area contributed by atoms with Gasteiger partial charge in [0.1, 0.15) is 11.2 Å². The molecule has 3 aromatic rings. The molecule has 0 saturated carbocycles. The first kappa shape index (κ1) is 20.9. The molecule has 3 N–H and O–H groups in total. The lowest BCUT2D eigenvalue weighted by Gasteiger charge is -2.27. The van der Waals surface area contributed by atoms with E-state index in [0.29, 0.717) is 39.9 Å². The number of carbonyl (C=O) groups is 2. The quantitative estimate of drug-likeness (QED) is 0.461. The minimum absolute atomic E-state index is 0.301. The first-order valence-electron chi connectivity index (χ1n) is 9.40. The number of imide groups is 1. The fourth-order valence-electron chi connectivity index (χ4n) is 2.97. The van der Waals surface area contributed by atoms with E-state index in [-0.39, 0.29) is 5.91 Å². The lowest BCUT2D eigenvalue weighted by Crippen LogP contribution is -2.46. The molecule has 0 spiro atoms. The molecule has 4 rings (SSSR count). The largest absolute Gasteiger partial charge is 0.352 e. The van der Waals surface area contributed by atoms with Crippen molar-refractivity contribution in [3.05, 3.63) is 41.6 Å². The molecule has 1 fully saturated rings. The molecular weight excluding hydrogens is 440 g/mol. The smallest absolute Gasteiger partial charge is 0.325 e. The summed E-state index contributed by atoms with van der Waals surface area (Å²) in [7, 11) is 0. The number of nitrogens with zero attached hydrogens (tertiary/aromatic N) is 5. The van der Waals surface area contributed by atoms with Crippen LogP contribution in [0.25, 0.3) is 10.7 Å². The van der Waals surface area contributed by atoms with E-state index in [1.54, 1.807) is 13.8 Å². The van der Waals surface area contributed by atoms with Gasteiger partial charge in [-0.15, -0.1) is 10.2 Å². The summed E-state index contributed by atoms with van der Waals surface area (Å²) in [6.45, 7) is 4.04. The molecule has 1 aliphatic rings. The maximum absolute atomic E-state index is 12.0. The van der Waals surface area contributed by atoms with Gasteiger partial charge in [0.15, 0.2) is 5.01 Å². The third kappa shape index (κ3) is 4.42. The van der Waals surface area contributed by atoms with Crippen LogP contribution in [0, 0.1) is 0 Å². The van der Waals surface area contributed by atoms with Crippen molar-refractivity contribution in [1.29, 1.82) is 0 Å². The van der Waals surface area contributed by atoms with Crippen LogP contribution in [-0.2, 0) is 4.79 Å². The highest BCUT2D eigenvalue weighted by Crippen LogP contribution is 2.31. The van der Waals surface area contributed by atoms with Crippen LogP contribution in [0.4, 0.5) is 21.6 Å². The highest BCUT2D eigenvalue weighted by molar-refractivity contribution is 7.18. The Bertz CT molecular complexity index is 1120. The van der Waals surface area contributed by atoms with Crippen LogP contribution in [0.2, 0.25) is 5.02 Å². The molecule has 0 bridgehead atoms. The normalized spacial score (nSPS) is 15.1. The van der Waals surface area contributed by atoms with Crippen LogP contribution in [-0.4, -0.2) is 55.6 Å². The first-order valence-corrected chi connectivity index (χ1v) is 10.6. The molecule has 2 aromatic heterocycles. The second-order valence-corrected chi connectivity index (χ2v) is 8.57. The van der Waals surface area contributed by atoms with Crippen LogP contribution in [0.15, 0.2) is 36.5 Å². The van der Waals surface area contributed by atoms with Crippen molar-refractivity contribution in [2.24, 2.45) is 0 Å². The van der Waals surface area contributed by atoms with Gasteiger partial charge in [0.25, 0.3) is 5.91 Å². The molecule has 0 aliphatic carbocycles. The molecule has 3 amide bonds. The third-order valence-corrected chi connectivity index (χ3v) is 5.83. The molecule has 0 radical (unpaired) electrons. The molecular formula is C19H19ClN8O2S. The predicted molar refractivity (Wildman–Crippen MR) is 118 cm³/mol. The van der Waals surface area contributed by atoms with Crippen molar-refractivity contribution in [3.63, 3.8) is 0 Å². The van der Waals surface area contributed by atoms with E-state index in [4.69, 9.17) is 11.6 Å². The Kier molecular flexibility index (Phi) is 5.70. The zero-order valence-corrected chi connectivity index (χ0v) is 18.3. The van der Waals surface area contributed by atoms with E-state index < -0.39 is 11.6 Å². The van der Waals surface area contributed by atoms with Gasteiger partial charge in [0.2, 0.25) is 11.1 Å². The molecule has 3 heterocycles. The maximum atomic E-state index is 12.0. The van der Waals surface area contributed by atoms with Crippen LogP contribution >= 0.6 is 22.9 Å². The molecule has 1 aromatic carbocycles. The van der Waals surface area contributed by atoms with Gasteiger partial charge >= 0.3 is 6.03 Å². The lowest BCUT2D eigenvalue weighted by atomic mass is 10.0. The van der Waals surface area contributed by atoms with Gasteiger partial charge in [-0.3, -0.25) is 10.1 Å². The minimum Gasteiger partial charge on any atom is -0.352 e. The van der Waals surface area contributed by atoms with Crippen molar-refractivity contribution in [1.82, 2.24) is 30.4 Å². The van der Waals surface area contributed by atoms with Gasteiger partial charge in [0, 0.05) is 18.8 Å². The first-order chi connectivity index (χ1) is 14.8. The van der Waals surface area contributed by atoms with Gasteiger partial charge in [0.05, 0.1) is 11.2 Å². The van der Waals surface area contributed by atoms with E-state index >= 15 is 0 Å². The van der Waals surface area contributed by atoms with Gasteiger partial charge in [-0.25, -0.2) is 14.8 Å². The summed E-state index contributed by atoms with van der Waals surface area (Å²) >= 11 is 7.59. The number of urea groups is 1. The minimum atomic E-state index is -0.903. The summed E-state index contributed by atoms with van der Waals surface area (Å²) in [6, 6.07) is 9.22. The molecule has 12 heteroatoms. The third-order valence-electron chi connectivity index (χ3n) is 4.71. The summed E-state index contributed by atoms with van der Waals surface area (Å²) < 4.78 is 0. The Morgan fingerprint density at radius 2 is 1.97 bits per heavy atom. The van der Waals surface area contributed by atoms with Crippen molar-refractivity contribution in [3.8, 4) is 10.7 Å². The molecule has 1 aliphatic heterocycles. The standard InChI is InChI=1S/C19H19ClN8O2S/c1-19(2)15(29)25-18(30)28(19)9-8-21-16-22-10-12(20)13(24-16)14-26-27-17(31-14)23-11-6-4-3-5-7-11/h3-7,10H,8-9H2,1-2H3,(H,23,27)(H,21,22,24)(H,25,29,30). The van der Waals surface area contributed by atoms with Crippen molar-refractivity contribution >= 4 is 51.6 Å². The maximum Gasteiger partial charge on any atom is 0.325 e. The second-order valence-electron chi connectivity index (χ2n) is 7.19. The van der Waals surface area contributed by atoms with E-state index in [2.05, 4.69) is 36.1 Å². The fraction of sp³-hybridized carbons (Fsp3) is 0.263. The molecule has 0 unspecified atom stereocenters. The zero-order chi connectivity index (χ0) is 22.0. The fourth-order valence-corrected chi connectivity index (χ4v) is 3.98. The number of amides is 3. The summed E-state index contributed by atoms with van der Waals surface area (Å²) in [5, 5.41) is 18.4. The predicted octanol–water partition coefficient (Wildman–Crippen LogP) is 3.13. The van der Waals surface area contributed by atoms with E-state index in [1.807, 2.05) is 30.3 Å². The number of hydrogen-bond donors (Lipinski definition) is 3. The monoisotopic (exact) mass is 458 g/mol. The lowest BCUT2D eigenvalue weighted by molar-refractivity contribution is -0.125. The van der Waals surface area contributed by atoms with Crippen LogP contribution < -0.4 is 16.0 Å². The Morgan fingerprint density at radius 3 is 2.68 bits per heavy atom. The highest BCUT2D eigenvalue weighted by Gasteiger charge is 2.45. The molecule has 0 atom stereocenters. The van der Waals surface area contributed by atoms with Gasteiger partial charge in [-0.1, -0.05) is 41.1 Å². The zero-order valence-electron chi connectivity index (χ0n) is 16.7. The summed E-state index contributed by atoms with van der Waals surface area (Å²) in [5.74, 6) is 0.00891. The second kappa shape index (κ2) is 8.44. The SMILES string of the molecule is CC1(C)C(=O)NC(=O)N1CCNc1ncc(Cl)c(-c2nnc(Nc3ccccc3)s2)n1. The topological polar surface area (TPSA) is 125 Å². The Hall–Kier alpha value is -3.31. The number of hydrogen-bond acceptors (Lipinski definition) is 9. The number of benzene rings is 1. The number of nitrogens with one attached hydrogen (secondary N) is 3. The molecule has 160 valence electrons. The van der Waals surface area contributed by atoms with Crippen LogP contribution in [0.3, 0.4) is 0 Å². The number of para-hydroxylation sites is 1. The van der Waals surface area contributed by atoms with Crippen LogP contribution in [0.1, 0.15) is 13.8 Å². The molecule has 31 heavy (non-hydrogen) atoms. The van der Waals surface area contributed by atoms with Gasteiger partial charge in [-0.05, 0) is 26.0 Å². The number of carbonyl (C=O) groups excluding carboxylic acids is 2. The Balaban J connectivity index is 1.43. The van der Waals surface area contributed by atoms with Crippen molar-refractivity contribution in [2.75, 3.05) is 23.7 Å². The highest BCUT2D eigenvalue weighted by atomic mass is 35.5. The number of anilines is 3. The summed E-state index contributed by atoms with van der Waals surface area (Å²) in [4.78, 5) is 33.9.